The van der Waals surface area contributed by atoms with Crippen molar-refractivity contribution in [2.24, 2.45) is 5.73 Å². The van der Waals surface area contributed by atoms with Gasteiger partial charge in [-0.25, -0.2) is 8.42 Å². The van der Waals surface area contributed by atoms with Crippen LogP contribution in [0.5, 0.6) is 0 Å². The summed E-state index contributed by atoms with van der Waals surface area (Å²) in [5, 5.41) is 0.215. The van der Waals surface area contributed by atoms with Gasteiger partial charge in [-0.1, -0.05) is 30.2 Å². The second kappa shape index (κ2) is 7.61. The number of primary amides is 1. The van der Waals surface area contributed by atoms with E-state index in [4.69, 9.17) is 22.1 Å². The van der Waals surface area contributed by atoms with E-state index in [1.54, 1.807) is 25.1 Å². The summed E-state index contributed by atoms with van der Waals surface area (Å²) in [5.41, 5.74) is 5.66. The molecule has 1 aliphatic rings. The number of aryl methyl sites for hydroxylation is 1. The third-order valence-corrected chi connectivity index (χ3v) is 6.44. The fourth-order valence-electron chi connectivity index (χ4n) is 2.81. The zero-order chi connectivity index (χ0) is 17.0. The summed E-state index contributed by atoms with van der Waals surface area (Å²) in [6.45, 7) is 2.07. The Kier molecular flexibility index (Phi) is 6.02. The summed E-state index contributed by atoms with van der Waals surface area (Å²) in [6, 6.07) is 4.70. The first-order chi connectivity index (χ1) is 10.8. The molecule has 6 nitrogen and oxygen atoms in total. The van der Waals surface area contributed by atoms with Gasteiger partial charge in [-0.3, -0.25) is 4.79 Å². The average molecular weight is 361 g/mol. The molecule has 1 heterocycles. The van der Waals surface area contributed by atoms with Gasteiger partial charge in [-0.15, -0.1) is 0 Å². The molecule has 0 saturated carbocycles. The lowest BCUT2D eigenvalue weighted by atomic mass is 10.1. The van der Waals surface area contributed by atoms with E-state index in [0.29, 0.717) is 18.5 Å². The number of piperidine rings is 1. The number of nitrogens with two attached hydrogens (primary N) is 1. The van der Waals surface area contributed by atoms with Gasteiger partial charge in [0.05, 0.1) is 11.6 Å². The minimum atomic E-state index is -3.72. The van der Waals surface area contributed by atoms with Gasteiger partial charge >= 0.3 is 0 Å². The lowest BCUT2D eigenvalue weighted by molar-refractivity contribution is -0.123. The maximum absolute atomic E-state index is 13.0. The SMILES string of the molecule is Cc1cccc(Cl)c1S(=O)(=O)N1CCCCC1COCC(N)=O. The van der Waals surface area contributed by atoms with Gasteiger partial charge in [0.15, 0.2) is 0 Å². The van der Waals surface area contributed by atoms with Crippen LogP contribution < -0.4 is 5.73 Å². The molecule has 1 aromatic carbocycles. The lowest BCUT2D eigenvalue weighted by Crippen LogP contribution is -2.46. The number of nitrogens with zero attached hydrogens (tertiary/aromatic N) is 1. The largest absolute Gasteiger partial charge is 0.370 e. The minimum Gasteiger partial charge on any atom is -0.370 e. The topological polar surface area (TPSA) is 89.7 Å². The van der Waals surface area contributed by atoms with Crippen LogP contribution in [0.4, 0.5) is 0 Å². The van der Waals surface area contributed by atoms with E-state index < -0.39 is 15.9 Å². The van der Waals surface area contributed by atoms with Crippen LogP contribution in [0.25, 0.3) is 0 Å². The van der Waals surface area contributed by atoms with Crippen LogP contribution >= 0.6 is 11.6 Å². The first kappa shape index (κ1) is 18.2. The van der Waals surface area contributed by atoms with Gasteiger partial charge < -0.3 is 10.5 Å². The molecular weight excluding hydrogens is 340 g/mol. The lowest BCUT2D eigenvalue weighted by Gasteiger charge is -2.35. The standard InChI is InChI=1S/C15H21ClN2O4S/c1-11-5-4-7-13(16)15(11)23(20,21)18-8-3-2-6-12(18)9-22-10-14(17)19/h4-5,7,12H,2-3,6,8-10H2,1H3,(H2,17,19). The summed E-state index contributed by atoms with van der Waals surface area (Å²) in [4.78, 5) is 10.9. The Labute approximate surface area is 141 Å². The van der Waals surface area contributed by atoms with Crippen LogP contribution in [0.1, 0.15) is 24.8 Å². The van der Waals surface area contributed by atoms with E-state index in [-0.39, 0.29) is 29.2 Å². The molecule has 2 N–H and O–H groups in total. The van der Waals surface area contributed by atoms with E-state index in [9.17, 15) is 13.2 Å². The van der Waals surface area contributed by atoms with Gasteiger partial charge in [0.1, 0.15) is 11.5 Å². The number of halogens is 1. The summed E-state index contributed by atoms with van der Waals surface area (Å²) < 4.78 is 32.7. The predicted molar refractivity (Wildman–Crippen MR) is 87.7 cm³/mol. The zero-order valence-electron chi connectivity index (χ0n) is 13.0. The smallest absolute Gasteiger partial charge is 0.245 e. The minimum absolute atomic E-state index is 0.142. The molecule has 1 fully saturated rings. The Hall–Kier alpha value is -1.15. The molecule has 1 aromatic rings. The van der Waals surface area contributed by atoms with Crippen molar-refractivity contribution in [2.75, 3.05) is 19.8 Å². The molecule has 2 rings (SSSR count). The third kappa shape index (κ3) is 4.23. The van der Waals surface area contributed by atoms with Gasteiger partial charge in [-0.05, 0) is 31.4 Å². The number of sulfonamides is 1. The van der Waals surface area contributed by atoms with Crippen molar-refractivity contribution in [3.05, 3.63) is 28.8 Å². The highest BCUT2D eigenvalue weighted by Crippen LogP contribution is 2.31. The summed E-state index contributed by atoms with van der Waals surface area (Å²) >= 11 is 6.13. The molecule has 0 aliphatic carbocycles. The van der Waals surface area contributed by atoms with Crippen molar-refractivity contribution in [2.45, 2.75) is 37.1 Å². The van der Waals surface area contributed by atoms with Gasteiger partial charge in [-0.2, -0.15) is 4.31 Å². The van der Waals surface area contributed by atoms with E-state index >= 15 is 0 Å². The maximum atomic E-state index is 13.0. The molecule has 1 aliphatic heterocycles. The highest BCUT2D eigenvalue weighted by molar-refractivity contribution is 7.89. The average Bonchev–Trinajstić information content (AvgIpc) is 2.47. The van der Waals surface area contributed by atoms with E-state index in [1.165, 1.54) is 4.31 Å². The Morgan fingerprint density at radius 3 is 2.83 bits per heavy atom. The molecule has 0 radical (unpaired) electrons. The zero-order valence-corrected chi connectivity index (χ0v) is 14.6. The molecule has 0 aromatic heterocycles. The highest BCUT2D eigenvalue weighted by Gasteiger charge is 2.35. The van der Waals surface area contributed by atoms with Crippen molar-refractivity contribution in [3.8, 4) is 0 Å². The van der Waals surface area contributed by atoms with E-state index in [1.807, 2.05) is 0 Å². The fraction of sp³-hybridized carbons (Fsp3) is 0.533. The van der Waals surface area contributed by atoms with Crippen LogP contribution in [-0.4, -0.2) is 44.4 Å². The van der Waals surface area contributed by atoms with Crippen LogP contribution in [0.3, 0.4) is 0 Å². The van der Waals surface area contributed by atoms with Crippen molar-refractivity contribution < 1.29 is 17.9 Å². The second-order valence-corrected chi connectivity index (χ2v) is 7.87. The number of benzene rings is 1. The Balaban J connectivity index is 2.26. The Morgan fingerprint density at radius 1 is 1.43 bits per heavy atom. The summed E-state index contributed by atoms with van der Waals surface area (Å²) in [7, 11) is -3.72. The molecule has 1 unspecified atom stereocenters. The molecule has 128 valence electrons. The third-order valence-electron chi connectivity index (χ3n) is 3.86. The van der Waals surface area contributed by atoms with E-state index in [2.05, 4.69) is 0 Å². The number of hydrogen-bond acceptors (Lipinski definition) is 4. The predicted octanol–water partition coefficient (Wildman–Crippen LogP) is 1.69. The molecule has 0 bridgehead atoms. The highest BCUT2D eigenvalue weighted by atomic mass is 35.5. The maximum Gasteiger partial charge on any atom is 0.245 e. The number of ether oxygens (including phenoxy) is 1. The number of hydrogen-bond donors (Lipinski definition) is 1. The quantitative estimate of drug-likeness (QED) is 0.835. The second-order valence-electron chi connectivity index (χ2n) is 5.63. The van der Waals surface area contributed by atoms with Crippen LogP contribution in [0.15, 0.2) is 23.1 Å². The molecule has 0 spiro atoms. The molecule has 1 atom stereocenters. The molecule has 8 heteroatoms. The van der Waals surface area contributed by atoms with Gasteiger partial charge in [0.2, 0.25) is 15.9 Å². The van der Waals surface area contributed by atoms with Crippen molar-refractivity contribution >= 4 is 27.5 Å². The van der Waals surface area contributed by atoms with Crippen LogP contribution in [0, 0.1) is 6.92 Å². The van der Waals surface area contributed by atoms with Gasteiger partial charge in [0, 0.05) is 12.6 Å². The first-order valence-electron chi connectivity index (χ1n) is 7.47. The first-order valence-corrected chi connectivity index (χ1v) is 9.29. The van der Waals surface area contributed by atoms with E-state index in [0.717, 1.165) is 12.8 Å². The molecule has 23 heavy (non-hydrogen) atoms. The van der Waals surface area contributed by atoms with Crippen molar-refractivity contribution in [3.63, 3.8) is 0 Å². The monoisotopic (exact) mass is 360 g/mol. The number of amides is 1. The normalized spacial score (nSPS) is 19.7. The van der Waals surface area contributed by atoms with Crippen LogP contribution in [-0.2, 0) is 19.6 Å². The molecule has 1 amide bonds. The Morgan fingerprint density at radius 2 is 2.17 bits per heavy atom. The van der Waals surface area contributed by atoms with Gasteiger partial charge in [0.25, 0.3) is 0 Å². The van der Waals surface area contributed by atoms with Crippen molar-refractivity contribution in [1.82, 2.24) is 4.31 Å². The van der Waals surface area contributed by atoms with Crippen LogP contribution in [0.2, 0.25) is 5.02 Å². The fourth-order valence-corrected chi connectivity index (χ4v) is 5.28. The molecule has 1 saturated heterocycles. The number of carbonyl (C=O) groups excluding carboxylic acids is 1. The summed E-state index contributed by atoms with van der Waals surface area (Å²) in [5.74, 6) is -0.572. The number of carbonyl (C=O) groups is 1. The Bertz CT molecular complexity index is 658. The summed E-state index contributed by atoms with van der Waals surface area (Å²) in [6.07, 6.45) is 2.38. The van der Waals surface area contributed by atoms with Crippen molar-refractivity contribution in [1.29, 1.82) is 0 Å². The number of rotatable bonds is 6. The molecular formula is C15H21ClN2O4S.